The maximum atomic E-state index is 11.2. The van der Waals surface area contributed by atoms with Gasteiger partial charge in [-0.25, -0.2) is 9.97 Å². The third-order valence-electron chi connectivity index (χ3n) is 4.53. The molecule has 0 unspecified atom stereocenters. The Morgan fingerprint density at radius 1 is 1.28 bits per heavy atom. The lowest BCUT2D eigenvalue weighted by Gasteiger charge is -2.13. The van der Waals surface area contributed by atoms with Crippen molar-refractivity contribution >= 4 is 17.3 Å². The van der Waals surface area contributed by atoms with Crippen molar-refractivity contribution in [2.24, 2.45) is 5.92 Å². The zero-order chi connectivity index (χ0) is 16.8. The summed E-state index contributed by atoms with van der Waals surface area (Å²) in [7, 11) is 0. The van der Waals surface area contributed by atoms with Crippen LogP contribution in [0.4, 0.5) is 0 Å². The lowest BCUT2D eigenvalue weighted by molar-refractivity contribution is 0.112. The van der Waals surface area contributed by atoms with E-state index in [0.29, 0.717) is 52.1 Å². The second-order valence-corrected chi connectivity index (χ2v) is 6.23. The normalized spacial score (nSPS) is 15.5. The molecule has 2 aliphatic rings. The fourth-order valence-electron chi connectivity index (χ4n) is 3.03. The number of aldehydes is 1. The van der Waals surface area contributed by atoms with Crippen LogP contribution in [0.1, 0.15) is 23.2 Å². The summed E-state index contributed by atoms with van der Waals surface area (Å²) in [4.78, 5) is 23.0. The van der Waals surface area contributed by atoms with Crippen LogP contribution in [0.25, 0.3) is 22.3 Å². The molecule has 1 aliphatic carbocycles. The number of carbonyl (C=O) groups excluding carboxylic acids is 1. The summed E-state index contributed by atoms with van der Waals surface area (Å²) in [6.07, 6.45) is 6.25. The monoisotopic (exact) mass is 337 g/mol. The molecule has 1 N–H and O–H groups in total. The van der Waals surface area contributed by atoms with Gasteiger partial charge in [0.2, 0.25) is 6.79 Å². The molecular formula is C18H15N3O4. The topological polar surface area (TPSA) is 86.3 Å². The van der Waals surface area contributed by atoms with E-state index in [2.05, 4.69) is 15.0 Å². The number of fused-ring (bicyclic) bond motifs is 2. The molecular weight excluding hydrogens is 322 g/mol. The number of hydrogen-bond donors (Lipinski definition) is 1. The summed E-state index contributed by atoms with van der Waals surface area (Å²) in [6.45, 7) is 0.831. The van der Waals surface area contributed by atoms with Crippen molar-refractivity contribution < 1.29 is 19.0 Å². The van der Waals surface area contributed by atoms with E-state index in [-0.39, 0.29) is 6.79 Å². The smallest absolute Gasteiger partial charge is 0.231 e. The lowest BCUT2D eigenvalue weighted by atomic mass is 10.1. The molecule has 1 aromatic carbocycles. The van der Waals surface area contributed by atoms with E-state index in [0.717, 1.165) is 11.8 Å². The largest absolute Gasteiger partial charge is 0.492 e. The van der Waals surface area contributed by atoms with E-state index in [4.69, 9.17) is 14.2 Å². The van der Waals surface area contributed by atoms with Gasteiger partial charge in [0.25, 0.3) is 0 Å². The minimum absolute atomic E-state index is 0.160. The fourth-order valence-corrected chi connectivity index (χ4v) is 3.03. The summed E-state index contributed by atoms with van der Waals surface area (Å²) in [5.74, 6) is 2.58. The van der Waals surface area contributed by atoms with Gasteiger partial charge in [-0.05, 0) is 30.9 Å². The Bertz CT molecular complexity index is 978. The van der Waals surface area contributed by atoms with Crippen molar-refractivity contribution in [2.75, 3.05) is 13.4 Å². The number of carbonyl (C=O) groups is 1. The molecule has 2 aromatic heterocycles. The maximum absolute atomic E-state index is 11.2. The van der Waals surface area contributed by atoms with Crippen LogP contribution in [-0.2, 0) is 0 Å². The van der Waals surface area contributed by atoms with Crippen molar-refractivity contribution in [1.82, 2.24) is 15.0 Å². The van der Waals surface area contributed by atoms with Crippen LogP contribution >= 0.6 is 0 Å². The van der Waals surface area contributed by atoms with Gasteiger partial charge in [0.1, 0.15) is 23.3 Å². The van der Waals surface area contributed by atoms with Gasteiger partial charge < -0.3 is 19.2 Å². The van der Waals surface area contributed by atoms with E-state index in [9.17, 15) is 4.79 Å². The summed E-state index contributed by atoms with van der Waals surface area (Å²) in [6, 6.07) is 3.72. The Morgan fingerprint density at radius 3 is 3.04 bits per heavy atom. The van der Waals surface area contributed by atoms with Crippen LogP contribution < -0.4 is 14.2 Å². The first-order valence-corrected chi connectivity index (χ1v) is 8.18. The quantitative estimate of drug-likeness (QED) is 0.720. The number of H-pyrrole nitrogens is 1. The summed E-state index contributed by atoms with van der Waals surface area (Å²) in [5.41, 5.74) is 3.09. The Kier molecular flexibility index (Phi) is 3.12. The van der Waals surface area contributed by atoms with Crippen LogP contribution in [-0.4, -0.2) is 34.6 Å². The first-order chi connectivity index (χ1) is 12.3. The third kappa shape index (κ3) is 2.31. The highest BCUT2D eigenvalue weighted by molar-refractivity contribution is 6.01. The molecule has 1 aliphatic heterocycles. The predicted molar refractivity (Wildman–Crippen MR) is 89.1 cm³/mol. The van der Waals surface area contributed by atoms with Crippen LogP contribution in [0.15, 0.2) is 24.7 Å². The zero-order valence-electron chi connectivity index (χ0n) is 13.3. The number of hydrogen-bond acceptors (Lipinski definition) is 6. The molecule has 1 saturated carbocycles. The number of rotatable bonds is 5. The van der Waals surface area contributed by atoms with Crippen LogP contribution in [0.5, 0.6) is 17.2 Å². The molecule has 0 radical (unpaired) electrons. The Hall–Kier alpha value is -3.09. The fraction of sp³-hybridized carbons (Fsp3) is 0.278. The molecule has 0 atom stereocenters. The Balaban J connectivity index is 1.71. The Labute approximate surface area is 142 Å². The summed E-state index contributed by atoms with van der Waals surface area (Å²) < 4.78 is 17.2. The summed E-state index contributed by atoms with van der Waals surface area (Å²) >= 11 is 0. The van der Waals surface area contributed by atoms with Gasteiger partial charge in [-0.1, -0.05) is 0 Å². The first kappa shape index (κ1) is 14.3. The highest BCUT2D eigenvalue weighted by atomic mass is 16.7. The van der Waals surface area contributed by atoms with Crippen molar-refractivity contribution in [3.63, 3.8) is 0 Å². The van der Waals surface area contributed by atoms with E-state index < -0.39 is 0 Å². The maximum Gasteiger partial charge on any atom is 0.231 e. The lowest BCUT2D eigenvalue weighted by Crippen LogP contribution is -2.02. The minimum Gasteiger partial charge on any atom is -0.492 e. The van der Waals surface area contributed by atoms with E-state index in [1.54, 1.807) is 6.20 Å². The molecule has 7 heteroatoms. The highest BCUT2D eigenvalue weighted by Crippen LogP contribution is 2.48. The number of ether oxygens (including phenoxy) is 3. The van der Waals surface area contributed by atoms with E-state index >= 15 is 0 Å². The number of aromatic nitrogens is 3. The molecule has 3 heterocycles. The van der Waals surface area contributed by atoms with Crippen LogP contribution in [0.3, 0.4) is 0 Å². The Morgan fingerprint density at radius 2 is 2.20 bits per heavy atom. The molecule has 126 valence electrons. The molecule has 0 bridgehead atoms. The number of aromatic amines is 1. The van der Waals surface area contributed by atoms with E-state index in [1.807, 2.05) is 12.1 Å². The van der Waals surface area contributed by atoms with Gasteiger partial charge in [0, 0.05) is 6.20 Å². The van der Waals surface area contributed by atoms with Gasteiger partial charge in [-0.3, -0.25) is 4.79 Å². The highest BCUT2D eigenvalue weighted by Gasteiger charge is 2.28. The number of nitrogens with zero attached hydrogens (tertiary/aromatic N) is 2. The van der Waals surface area contributed by atoms with Crippen LogP contribution in [0, 0.1) is 5.92 Å². The molecule has 0 amide bonds. The molecule has 7 nitrogen and oxygen atoms in total. The minimum atomic E-state index is 0.160. The van der Waals surface area contributed by atoms with Crippen molar-refractivity contribution in [3.05, 3.63) is 30.2 Å². The van der Waals surface area contributed by atoms with Gasteiger partial charge in [0.05, 0.1) is 23.3 Å². The van der Waals surface area contributed by atoms with Crippen molar-refractivity contribution in [1.29, 1.82) is 0 Å². The molecule has 1 fully saturated rings. The zero-order valence-corrected chi connectivity index (χ0v) is 13.3. The first-order valence-electron chi connectivity index (χ1n) is 8.18. The van der Waals surface area contributed by atoms with E-state index in [1.165, 1.54) is 19.2 Å². The molecule has 25 heavy (non-hydrogen) atoms. The average molecular weight is 337 g/mol. The average Bonchev–Trinajstić information content (AvgIpc) is 3.18. The van der Waals surface area contributed by atoms with Gasteiger partial charge in [-0.15, -0.1) is 0 Å². The van der Waals surface area contributed by atoms with Crippen molar-refractivity contribution in [2.45, 2.75) is 12.8 Å². The second kappa shape index (κ2) is 5.47. The third-order valence-corrected chi connectivity index (χ3v) is 4.53. The molecule has 0 spiro atoms. The van der Waals surface area contributed by atoms with Gasteiger partial charge in [-0.2, -0.15) is 0 Å². The summed E-state index contributed by atoms with van der Waals surface area (Å²) in [5, 5.41) is 0. The molecule has 0 saturated heterocycles. The second-order valence-electron chi connectivity index (χ2n) is 6.23. The standard InChI is InChI=1S/C18H15N3O4/c22-6-11-5-19-17-15(11)20-8-21-16(17)14-12(23-7-10-1-2-10)3-4-13-18(14)25-9-24-13/h3-6,8,10,19H,1-2,7,9H2. The molecule has 3 aromatic rings. The molecule has 5 rings (SSSR count). The predicted octanol–water partition coefficient (Wildman–Crippen LogP) is 2.95. The SMILES string of the molecule is O=Cc1c[nH]c2c(-c3c(OCC4CC4)ccc4c3OCO4)ncnc12. The van der Waals surface area contributed by atoms with Gasteiger partial charge in [0.15, 0.2) is 17.8 Å². The van der Waals surface area contributed by atoms with Gasteiger partial charge >= 0.3 is 0 Å². The number of nitrogens with one attached hydrogen (secondary N) is 1. The number of benzene rings is 1. The van der Waals surface area contributed by atoms with Crippen molar-refractivity contribution in [3.8, 4) is 28.5 Å². The van der Waals surface area contributed by atoms with Crippen LogP contribution in [0.2, 0.25) is 0 Å².